The van der Waals surface area contributed by atoms with Crippen LogP contribution in [0.3, 0.4) is 0 Å². The number of amides is 2. The summed E-state index contributed by atoms with van der Waals surface area (Å²) in [6.45, 7) is 5.19. The highest BCUT2D eigenvalue weighted by Crippen LogP contribution is 2.27. The second kappa shape index (κ2) is 7.67. The Morgan fingerprint density at radius 2 is 1.96 bits per heavy atom. The molecule has 8 nitrogen and oxygen atoms in total. The minimum Gasteiger partial charge on any atom is -0.379 e. The molecule has 23 heavy (non-hydrogen) atoms. The Morgan fingerprint density at radius 3 is 2.52 bits per heavy atom. The van der Waals surface area contributed by atoms with Crippen molar-refractivity contribution in [3.8, 4) is 6.07 Å². The van der Waals surface area contributed by atoms with E-state index in [1.165, 1.54) is 13.8 Å². The fourth-order valence-corrected chi connectivity index (χ4v) is 2.38. The van der Waals surface area contributed by atoms with Gasteiger partial charge >= 0.3 is 0 Å². The molecule has 0 bridgehead atoms. The third kappa shape index (κ3) is 4.48. The van der Waals surface area contributed by atoms with E-state index in [1.54, 1.807) is 12.3 Å². The molecule has 0 radical (unpaired) electrons. The summed E-state index contributed by atoms with van der Waals surface area (Å²) in [5.74, 6) is -0.313. The van der Waals surface area contributed by atoms with Gasteiger partial charge in [-0.15, -0.1) is 0 Å². The molecule has 2 rings (SSSR count). The van der Waals surface area contributed by atoms with Crippen molar-refractivity contribution >= 4 is 23.3 Å². The van der Waals surface area contributed by atoms with Crippen LogP contribution in [0.4, 0.5) is 11.5 Å². The Labute approximate surface area is 134 Å². The van der Waals surface area contributed by atoms with Crippen molar-refractivity contribution < 1.29 is 14.3 Å². The van der Waals surface area contributed by atoms with Crippen molar-refractivity contribution in [1.29, 1.82) is 5.26 Å². The minimum absolute atomic E-state index is 0.259. The van der Waals surface area contributed by atoms with Gasteiger partial charge in [-0.3, -0.25) is 14.5 Å². The number of carbonyl (C=O) groups is 2. The van der Waals surface area contributed by atoms with Crippen LogP contribution in [0.15, 0.2) is 12.3 Å². The summed E-state index contributed by atoms with van der Waals surface area (Å²) in [6.07, 6.45) is 1.54. The van der Waals surface area contributed by atoms with Gasteiger partial charge in [-0.25, -0.2) is 4.98 Å². The topological polar surface area (TPSA) is 107 Å². The summed E-state index contributed by atoms with van der Waals surface area (Å²) in [7, 11) is 0. The molecule has 1 aromatic heterocycles. The summed E-state index contributed by atoms with van der Waals surface area (Å²) in [6, 6.07) is 3.45. The molecule has 1 aliphatic heterocycles. The van der Waals surface area contributed by atoms with Crippen LogP contribution in [-0.2, 0) is 14.3 Å². The van der Waals surface area contributed by atoms with Gasteiger partial charge in [-0.05, 0) is 6.07 Å². The van der Waals surface area contributed by atoms with Crippen molar-refractivity contribution in [3.63, 3.8) is 0 Å². The SMILES string of the molecule is CC(=O)Nc1cc(C(C#N)N2CCOCC2)cnc1NC(C)=O. The fourth-order valence-electron chi connectivity index (χ4n) is 2.38. The zero-order valence-corrected chi connectivity index (χ0v) is 13.1. The normalized spacial score (nSPS) is 16.2. The first kappa shape index (κ1) is 16.9. The van der Waals surface area contributed by atoms with Gasteiger partial charge in [0.15, 0.2) is 5.82 Å². The first-order chi connectivity index (χ1) is 11.0. The van der Waals surface area contributed by atoms with Gasteiger partial charge in [0.25, 0.3) is 0 Å². The second-order valence-corrected chi connectivity index (χ2v) is 5.21. The predicted octanol–water partition coefficient (Wildman–Crippen LogP) is 0.895. The maximum atomic E-state index is 11.4. The van der Waals surface area contributed by atoms with E-state index in [2.05, 4.69) is 21.7 Å². The van der Waals surface area contributed by atoms with Crippen LogP contribution in [0, 0.1) is 11.3 Å². The van der Waals surface area contributed by atoms with E-state index in [0.29, 0.717) is 37.6 Å². The van der Waals surface area contributed by atoms with E-state index in [4.69, 9.17) is 4.74 Å². The summed E-state index contributed by atoms with van der Waals surface area (Å²) < 4.78 is 5.30. The Morgan fingerprint density at radius 1 is 1.30 bits per heavy atom. The molecule has 1 fully saturated rings. The van der Waals surface area contributed by atoms with Gasteiger partial charge in [-0.2, -0.15) is 5.26 Å². The first-order valence-corrected chi connectivity index (χ1v) is 7.28. The predicted molar refractivity (Wildman–Crippen MR) is 83.6 cm³/mol. The van der Waals surface area contributed by atoms with Crippen LogP contribution >= 0.6 is 0 Å². The second-order valence-electron chi connectivity index (χ2n) is 5.21. The number of hydrogen-bond acceptors (Lipinski definition) is 6. The van der Waals surface area contributed by atoms with E-state index < -0.39 is 6.04 Å². The molecule has 1 aromatic rings. The number of nitrogens with one attached hydrogen (secondary N) is 2. The Kier molecular flexibility index (Phi) is 5.62. The monoisotopic (exact) mass is 317 g/mol. The third-order valence-electron chi connectivity index (χ3n) is 3.36. The maximum Gasteiger partial charge on any atom is 0.222 e. The standard InChI is InChI=1S/C15H19N5O3/c1-10(21)18-13-7-12(9-17-15(13)19-11(2)22)14(8-16)20-3-5-23-6-4-20/h7,9,14H,3-6H2,1-2H3,(H,18,21)(H,17,19,22). The molecule has 0 saturated carbocycles. The van der Waals surface area contributed by atoms with Crippen LogP contribution in [-0.4, -0.2) is 48.0 Å². The van der Waals surface area contributed by atoms with E-state index in [1.807, 2.05) is 4.90 Å². The molecule has 122 valence electrons. The number of nitriles is 1. The van der Waals surface area contributed by atoms with Gasteiger partial charge in [0.2, 0.25) is 11.8 Å². The zero-order valence-electron chi connectivity index (χ0n) is 13.1. The van der Waals surface area contributed by atoms with Crippen LogP contribution in [0.25, 0.3) is 0 Å². The van der Waals surface area contributed by atoms with E-state index >= 15 is 0 Å². The van der Waals surface area contributed by atoms with E-state index in [-0.39, 0.29) is 17.6 Å². The molecule has 1 aliphatic rings. The maximum absolute atomic E-state index is 11.4. The molecular weight excluding hydrogens is 298 g/mol. The molecule has 1 atom stereocenters. The number of hydrogen-bond donors (Lipinski definition) is 2. The van der Waals surface area contributed by atoms with Gasteiger partial charge < -0.3 is 15.4 Å². The fraction of sp³-hybridized carbons (Fsp3) is 0.467. The van der Waals surface area contributed by atoms with Gasteiger partial charge in [0, 0.05) is 38.7 Å². The number of pyridine rings is 1. The number of ether oxygens (including phenoxy) is 1. The van der Waals surface area contributed by atoms with Crippen molar-refractivity contribution in [1.82, 2.24) is 9.88 Å². The molecular formula is C15H19N5O3. The van der Waals surface area contributed by atoms with Crippen molar-refractivity contribution in [2.24, 2.45) is 0 Å². The van der Waals surface area contributed by atoms with Crippen LogP contribution < -0.4 is 10.6 Å². The quantitative estimate of drug-likeness (QED) is 0.854. The molecule has 1 saturated heterocycles. The first-order valence-electron chi connectivity index (χ1n) is 7.28. The number of rotatable bonds is 4. The molecule has 2 amide bonds. The lowest BCUT2D eigenvalue weighted by atomic mass is 10.1. The highest BCUT2D eigenvalue weighted by atomic mass is 16.5. The lowest BCUT2D eigenvalue weighted by molar-refractivity contribution is -0.115. The molecule has 8 heteroatoms. The van der Waals surface area contributed by atoms with Crippen molar-refractivity contribution in [2.45, 2.75) is 19.9 Å². The minimum atomic E-state index is -0.481. The van der Waals surface area contributed by atoms with Crippen LogP contribution in [0.5, 0.6) is 0 Å². The third-order valence-corrected chi connectivity index (χ3v) is 3.36. The van der Waals surface area contributed by atoms with Crippen molar-refractivity contribution in [2.75, 3.05) is 36.9 Å². The number of nitrogens with zero attached hydrogens (tertiary/aromatic N) is 3. The zero-order chi connectivity index (χ0) is 16.8. The number of anilines is 2. The van der Waals surface area contributed by atoms with E-state index in [0.717, 1.165) is 0 Å². The highest BCUT2D eigenvalue weighted by molar-refractivity contribution is 5.96. The summed E-state index contributed by atoms with van der Waals surface area (Å²) in [4.78, 5) is 28.8. The molecule has 1 unspecified atom stereocenters. The Balaban J connectivity index is 2.32. The molecule has 2 N–H and O–H groups in total. The van der Waals surface area contributed by atoms with Gasteiger partial charge in [0.05, 0.1) is 25.0 Å². The summed E-state index contributed by atoms with van der Waals surface area (Å²) in [5.41, 5.74) is 1.03. The summed E-state index contributed by atoms with van der Waals surface area (Å²) >= 11 is 0. The van der Waals surface area contributed by atoms with Gasteiger partial charge in [-0.1, -0.05) is 0 Å². The molecule has 0 aromatic carbocycles. The van der Waals surface area contributed by atoms with Crippen molar-refractivity contribution in [3.05, 3.63) is 17.8 Å². The summed E-state index contributed by atoms with van der Waals surface area (Å²) in [5, 5.41) is 14.7. The average Bonchev–Trinajstić information content (AvgIpc) is 2.50. The Bertz CT molecular complexity index is 634. The number of morpholine rings is 1. The number of carbonyl (C=O) groups excluding carboxylic acids is 2. The molecule has 0 aliphatic carbocycles. The van der Waals surface area contributed by atoms with Crippen LogP contribution in [0.2, 0.25) is 0 Å². The average molecular weight is 317 g/mol. The molecule has 2 heterocycles. The lowest BCUT2D eigenvalue weighted by Gasteiger charge is -2.30. The smallest absolute Gasteiger partial charge is 0.222 e. The largest absolute Gasteiger partial charge is 0.379 e. The van der Waals surface area contributed by atoms with E-state index in [9.17, 15) is 14.9 Å². The number of aromatic nitrogens is 1. The van der Waals surface area contributed by atoms with Crippen LogP contribution in [0.1, 0.15) is 25.5 Å². The van der Waals surface area contributed by atoms with Gasteiger partial charge in [0.1, 0.15) is 6.04 Å². The lowest BCUT2D eigenvalue weighted by Crippen LogP contribution is -2.38. The Hall–Kier alpha value is -2.50. The highest BCUT2D eigenvalue weighted by Gasteiger charge is 2.23. The molecule has 0 spiro atoms.